The molecule has 5 nitrogen and oxygen atoms in total. The van der Waals surface area contributed by atoms with E-state index in [0.717, 1.165) is 29.6 Å². The first-order chi connectivity index (χ1) is 15.1. The van der Waals surface area contributed by atoms with Crippen LogP contribution in [0.4, 0.5) is 0 Å². The number of benzene rings is 1. The number of carbonyl (C=O) groups excluding carboxylic acids is 1. The summed E-state index contributed by atoms with van der Waals surface area (Å²) in [5.74, 6) is -0.309. The number of carbonyl (C=O) groups is 1. The van der Waals surface area contributed by atoms with E-state index < -0.39 is 5.79 Å². The Morgan fingerprint density at radius 1 is 1.16 bits per heavy atom. The molecule has 0 bridgehead atoms. The Bertz CT molecular complexity index is 784. The normalized spacial score (nSPS) is 27.1. The van der Waals surface area contributed by atoms with Gasteiger partial charge < -0.3 is 9.47 Å². The molecule has 4 rings (SSSR count). The average molecular weight is 427 g/mol. The Hall–Kier alpha value is -1.95. The van der Waals surface area contributed by atoms with E-state index in [4.69, 9.17) is 19.2 Å². The zero-order chi connectivity index (χ0) is 21.7. The van der Waals surface area contributed by atoms with Crippen LogP contribution in [0.5, 0.6) is 0 Å². The summed E-state index contributed by atoms with van der Waals surface area (Å²) in [6.45, 7) is 6.86. The molecule has 1 unspecified atom stereocenters. The molecule has 168 valence electrons. The molecule has 0 amide bonds. The summed E-state index contributed by atoms with van der Waals surface area (Å²) in [5, 5.41) is 0. The number of hydrogen-bond donors (Lipinski definition) is 0. The van der Waals surface area contributed by atoms with Gasteiger partial charge in [0.1, 0.15) is 6.10 Å². The van der Waals surface area contributed by atoms with Gasteiger partial charge in [-0.25, -0.2) is 14.6 Å². The molecule has 31 heavy (non-hydrogen) atoms. The summed E-state index contributed by atoms with van der Waals surface area (Å²) in [4.78, 5) is 23.2. The smallest absolute Gasteiger partial charge is 0.330 e. The first kappa shape index (κ1) is 22.3. The summed E-state index contributed by atoms with van der Waals surface area (Å²) in [6.07, 6.45) is 10.7. The molecule has 1 aliphatic heterocycles. The number of rotatable bonds is 5. The minimum Gasteiger partial charge on any atom is -0.463 e. The van der Waals surface area contributed by atoms with Crippen LogP contribution in [0.1, 0.15) is 81.8 Å². The van der Waals surface area contributed by atoms with Crippen molar-refractivity contribution in [2.75, 3.05) is 13.2 Å². The van der Waals surface area contributed by atoms with Gasteiger partial charge in [0.05, 0.1) is 13.2 Å². The van der Waals surface area contributed by atoms with E-state index in [2.05, 4.69) is 30.8 Å². The van der Waals surface area contributed by atoms with Gasteiger partial charge in [0.15, 0.2) is 0 Å². The Labute approximate surface area is 185 Å². The van der Waals surface area contributed by atoms with Crippen molar-refractivity contribution in [1.29, 1.82) is 0 Å². The lowest BCUT2D eigenvalue weighted by Crippen LogP contribution is -2.46. The van der Waals surface area contributed by atoms with Crippen molar-refractivity contribution in [2.45, 2.75) is 82.5 Å². The quantitative estimate of drug-likeness (QED) is 0.336. The van der Waals surface area contributed by atoms with Gasteiger partial charge >= 0.3 is 5.97 Å². The van der Waals surface area contributed by atoms with Crippen LogP contribution >= 0.6 is 0 Å². The van der Waals surface area contributed by atoms with E-state index >= 15 is 0 Å². The molecule has 0 N–H and O–H groups in total. The lowest BCUT2D eigenvalue weighted by Gasteiger charge is -2.41. The van der Waals surface area contributed by atoms with Crippen LogP contribution in [-0.2, 0) is 24.0 Å². The highest BCUT2D eigenvalue weighted by Crippen LogP contribution is 2.40. The van der Waals surface area contributed by atoms with Crippen LogP contribution < -0.4 is 0 Å². The van der Waals surface area contributed by atoms with Crippen molar-refractivity contribution in [1.82, 2.24) is 0 Å². The Kier molecular flexibility index (Phi) is 7.26. The molecule has 2 aliphatic carbocycles. The second-order valence-corrected chi connectivity index (χ2v) is 8.93. The van der Waals surface area contributed by atoms with Crippen molar-refractivity contribution >= 4 is 11.5 Å². The maximum atomic E-state index is 11.6. The molecule has 2 saturated carbocycles. The molecule has 0 aromatic heterocycles. The highest BCUT2D eigenvalue weighted by Gasteiger charge is 2.42. The van der Waals surface area contributed by atoms with Gasteiger partial charge in [-0.1, -0.05) is 55.7 Å². The number of ether oxygens (including phenoxy) is 2. The van der Waals surface area contributed by atoms with Crippen LogP contribution in [0.3, 0.4) is 0 Å². The zero-order valence-electron chi connectivity index (χ0n) is 18.6. The maximum absolute atomic E-state index is 11.6. The first-order valence-corrected chi connectivity index (χ1v) is 11.7. The fourth-order valence-electron chi connectivity index (χ4n) is 4.85. The van der Waals surface area contributed by atoms with Gasteiger partial charge in [-0.05, 0) is 55.2 Å². The van der Waals surface area contributed by atoms with E-state index in [1.54, 1.807) is 6.08 Å². The average Bonchev–Trinajstić information content (AvgIpc) is 2.82. The third-order valence-electron chi connectivity index (χ3n) is 6.82. The fourth-order valence-corrected chi connectivity index (χ4v) is 4.85. The van der Waals surface area contributed by atoms with Crippen LogP contribution in [0.25, 0.3) is 5.57 Å². The van der Waals surface area contributed by atoms with Gasteiger partial charge in [-0.2, -0.15) is 0 Å². The van der Waals surface area contributed by atoms with E-state index in [1.807, 2.05) is 6.92 Å². The van der Waals surface area contributed by atoms with Gasteiger partial charge in [-0.15, -0.1) is 0 Å². The van der Waals surface area contributed by atoms with Crippen LogP contribution in [0.2, 0.25) is 0 Å². The van der Waals surface area contributed by atoms with Crippen LogP contribution in [0, 0.1) is 0 Å². The van der Waals surface area contributed by atoms with Gasteiger partial charge in [0.2, 0.25) is 5.79 Å². The minimum absolute atomic E-state index is 0.277. The van der Waals surface area contributed by atoms with Gasteiger partial charge in [-0.3, -0.25) is 0 Å². The molecule has 3 aliphatic rings. The second kappa shape index (κ2) is 10.1. The Morgan fingerprint density at radius 2 is 1.87 bits per heavy atom. The van der Waals surface area contributed by atoms with Crippen molar-refractivity contribution < 1.29 is 24.0 Å². The molecule has 1 spiro atoms. The Balaban J connectivity index is 1.29. The summed E-state index contributed by atoms with van der Waals surface area (Å²) in [7, 11) is 0. The van der Waals surface area contributed by atoms with Crippen molar-refractivity contribution in [3.8, 4) is 0 Å². The SMILES string of the molecule is C=C(c1ccc(C2CCCCC2)cc1)C1COC2(CCC(=CC(=O)OCC)CC2)OO1. The largest absolute Gasteiger partial charge is 0.463 e. The van der Waals surface area contributed by atoms with E-state index in [9.17, 15) is 4.79 Å². The highest BCUT2D eigenvalue weighted by molar-refractivity contribution is 5.82. The molecule has 1 aromatic carbocycles. The number of esters is 1. The van der Waals surface area contributed by atoms with Crippen molar-refractivity contribution in [3.63, 3.8) is 0 Å². The molecule has 1 heterocycles. The lowest BCUT2D eigenvalue weighted by atomic mass is 9.83. The summed E-state index contributed by atoms with van der Waals surface area (Å²) in [5.41, 5.74) is 4.45. The second-order valence-electron chi connectivity index (χ2n) is 8.93. The van der Waals surface area contributed by atoms with E-state index in [1.165, 1.54) is 37.7 Å². The topological polar surface area (TPSA) is 54.0 Å². The molecular weight excluding hydrogens is 392 g/mol. The standard InChI is InChI=1S/C26H34O5/c1-3-28-25(27)17-20-13-15-26(16-14-20)29-18-24(30-31-26)19(2)21-9-11-23(12-10-21)22-7-5-4-6-8-22/h9-12,17,22,24H,2-8,13-16,18H2,1H3. The molecular formula is C26H34O5. The van der Waals surface area contributed by atoms with Crippen molar-refractivity contribution in [2.24, 2.45) is 0 Å². The summed E-state index contributed by atoms with van der Waals surface area (Å²) in [6, 6.07) is 8.77. The van der Waals surface area contributed by atoms with E-state index in [0.29, 0.717) is 32.0 Å². The molecule has 0 radical (unpaired) electrons. The zero-order valence-corrected chi connectivity index (χ0v) is 18.6. The summed E-state index contributed by atoms with van der Waals surface area (Å²) < 4.78 is 11.1. The van der Waals surface area contributed by atoms with Crippen LogP contribution in [-0.4, -0.2) is 31.1 Å². The molecule has 1 atom stereocenters. The van der Waals surface area contributed by atoms with Crippen molar-refractivity contribution in [3.05, 3.63) is 53.6 Å². The molecule has 5 heteroatoms. The van der Waals surface area contributed by atoms with E-state index in [-0.39, 0.29) is 12.1 Å². The maximum Gasteiger partial charge on any atom is 0.330 e. The van der Waals surface area contributed by atoms with Gasteiger partial charge in [0, 0.05) is 18.9 Å². The van der Waals surface area contributed by atoms with Crippen LogP contribution in [0.15, 0.2) is 42.5 Å². The summed E-state index contributed by atoms with van der Waals surface area (Å²) >= 11 is 0. The number of allylic oxidation sites excluding steroid dienone is 1. The highest BCUT2D eigenvalue weighted by atomic mass is 17.2. The third-order valence-corrected chi connectivity index (χ3v) is 6.82. The Morgan fingerprint density at radius 3 is 2.48 bits per heavy atom. The first-order valence-electron chi connectivity index (χ1n) is 11.7. The monoisotopic (exact) mass is 426 g/mol. The molecule has 3 fully saturated rings. The number of hydrogen-bond acceptors (Lipinski definition) is 5. The molecule has 1 saturated heterocycles. The molecule has 1 aromatic rings. The van der Waals surface area contributed by atoms with Gasteiger partial charge in [0.25, 0.3) is 0 Å². The predicted molar refractivity (Wildman–Crippen MR) is 119 cm³/mol. The fraction of sp³-hybridized carbons (Fsp3) is 0.577. The third kappa shape index (κ3) is 5.46. The lowest BCUT2D eigenvalue weighted by molar-refractivity contribution is -0.482. The predicted octanol–water partition coefficient (Wildman–Crippen LogP) is 5.85. The minimum atomic E-state index is -0.729.